The van der Waals surface area contributed by atoms with Crippen LogP contribution in [0.5, 0.6) is 5.75 Å². The van der Waals surface area contributed by atoms with Crippen molar-refractivity contribution in [3.63, 3.8) is 0 Å². The zero-order valence-electron chi connectivity index (χ0n) is 16.2. The number of hydrogen-bond acceptors (Lipinski definition) is 5. The number of carbonyl (C=O) groups is 1. The number of ether oxygens (including phenoxy) is 1. The summed E-state index contributed by atoms with van der Waals surface area (Å²) in [5.74, 6) is 0.355. The van der Waals surface area contributed by atoms with Crippen LogP contribution in [0.3, 0.4) is 0 Å². The Bertz CT molecular complexity index is 921. The fourth-order valence-corrected chi connectivity index (χ4v) is 3.14. The van der Waals surface area contributed by atoms with Crippen molar-refractivity contribution in [2.45, 2.75) is 51.1 Å². The lowest BCUT2D eigenvalue weighted by molar-refractivity contribution is -0.137. The number of fused-ring (bicyclic) bond motifs is 1. The van der Waals surface area contributed by atoms with Crippen molar-refractivity contribution in [3.05, 3.63) is 46.1 Å². The van der Waals surface area contributed by atoms with Gasteiger partial charge in [0.2, 0.25) is 5.91 Å². The third-order valence-electron chi connectivity index (χ3n) is 4.73. The Kier molecular flexibility index (Phi) is 6.80. The van der Waals surface area contributed by atoms with Gasteiger partial charge < -0.3 is 15.2 Å². The van der Waals surface area contributed by atoms with Crippen molar-refractivity contribution in [2.24, 2.45) is 0 Å². The maximum atomic E-state index is 12.5. The van der Waals surface area contributed by atoms with E-state index in [1.807, 2.05) is 0 Å². The van der Waals surface area contributed by atoms with Crippen LogP contribution in [0.15, 0.2) is 29.1 Å². The van der Waals surface area contributed by atoms with Crippen LogP contribution in [0.25, 0.3) is 0 Å². The molecule has 1 atom stereocenters. The van der Waals surface area contributed by atoms with E-state index in [4.69, 9.17) is 4.74 Å². The van der Waals surface area contributed by atoms with Gasteiger partial charge in [-0.05, 0) is 37.1 Å². The minimum absolute atomic E-state index is 0.137. The zero-order valence-corrected chi connectivity index (χ0v) is 16.2. The van der Waals surface area contributed by atoms with Crippen molar-refractivity contribution in [1.29, 1.82) is 0 Å². The van der Waals surface area contributed by atoms with E-state index in [-0.39, 0.29) is 31.1 Å². The number of halogens is 3. The molecule has 1 unspecified atom stereocenters. The highest BCUT2D eigenvalue weighted by Crippen LogP contribution is 2.30. The lowest BCUT2D eigenvalue weighted by Crippen LogP contribution is -2.39. The summed E-state index contributed by atoms with van der Waals surface area (Å²) >= 11 is 0. The van der Waals surface area contributed by atoms with E-state index < -0.39 is 23.8 Å². The van der Waals surface area contributed by atoms with Crippen LogP contribution >= 0.6 is 0 Å². The molecule has 0 spiro atoms. The second kappa shape index (κ2) is 9.33. The quantitative estimate of drug-likeness (QED) is 0.694. The van der Waals surface area contributed by atoms with E-state index in [2.05, 4.69) is 10.4 Å². The predicted octanol–water partition coefficient (Wildman–Crippen LogP) is 1.35. The predicted molar refractivity (Wildman–Crippen MR) is 100.0 cm³/mol. The average Bonchev–Trinajstić information content (AvgIpc) is 2.86. The molecule has 0 radical (unpaired) electrons. The van der Waals surface area contributed by atoms with Crippen LogP contribution in [-0.2, 0) is 30.5 Å². The summed E-state index contributed by atoms with van der Waals surface area (Å²) in [6, 6.07) is 4.08. The molecule has 1 aromatic heterocycles. The monoisotopic (exact) mass is 428 g/mol. The van der Waals surface area contributed by atoms with E-state index >= 15 is 0 Å². The molecular formula is C19H23F3N4O4. The van der Waals surface area contributed by atoms with Gasteiger partial charge in [0, 0.05) is 19.5 Å². The minimum Gasteiger partial charge on any atom is -0.491 e. The van der Waals surface area contributed by atoms with Crippen molar-refractivity contribution >= 4 is 5.91 Å². The number of aryl methyl sites for hydroxylation is 1. The van der Waals surface area contributed by atoms with Gasteiger partial charge in [-0.1, -0.05) is 6.42 Å². The Morgan fingerprint density at radius 3 is 2.67 bits per heavy atom. The number of aliphatic hydroxyl groups is 1. The van der Waals surface area contributed by atoms with Crippen molar-refractivity contribution in [2.75, 3.05) is 13.2 Å². The van der Waals surface area contributed by atoms with Crippen molar-refractivity contribution < 1.29 is 27.8 Å². The lowest BCUT2D eigenvalue weighted by Gasteiger charge is -2.14. The summed E-state index contributed by atoms with van der Waals surface area (Å²) in [6.07, 6.45) is -1.92. The number of aliphatic hydroxyl groups excluding tert-OH is 1. The third kappa shape index (κ3) is 5.62. The maximum absolute atomic E-state index is 12.5. The number of rotatable bonds is 7. The molecule has 2 N–H and O–H groups in total. The zero-order chi connectivity index (χ0) is 21.7. The first-order valence-electron chi connectivity index (χ1n) is 9.65. The van der Waals surface area contributed by atoms with Gasteiger partial charge >= 0.3 is 11.9 Å². The Balaban J connectivity index is 1.44. The molecule has 1 aliphatic heterocycles. The first-order chi connectivity index (χ1) is 14.2. The molecule has 0 bridgehead atoms. The summed E-state index contributed by atoms with van der Waals surface area (Å²) < 4.78 is 45.5. The lowest BCUT2D eigenvalue weighted by atomic mass is 10.2. The average molecular weight is 428 g/mol. The van der Waals surface area contributed by atoms with Gasteiger partial charge in [-0.25, -0.2) is 9.48 Å². The second-order valence-corrected chi connectivity index (χ2v) is 7.11. The molecule has 2 aromatic rings. The highest BCUT2D eigenvalue weighted by atomic mass is 19.4. The topological polar surface area (TPSA) is 98.4 Å². The highest BCUT2D eigenvalue weighted by molar-refractivity contribution is 5.75. The van der Waals surface area contributed by atoms with Gasteiger partial charge in [0.25, 0.3) is 0 Å². The molecule has 0 saturated heterocycles. The summed E-state index contributed by atoms with van der Waals surface area (Å²) in [4.78, 5) is 24.4. The molecule has 3 rings (SSSR count). The number of nitrogens with zero attached hydrogens (tertiary/aromatic N) is 3. The van der Waals surface area contributed by atoms with Crippen molar-refractivity contribution in [3.8, 4) is 5.75 Å². The maximum Gasteiger partial charge on any atom is 0.416 e. The molecule has 0 saturated carbocycles. The first-order valence-corrected chi connectivity index (χ1v) is 9.65. The van der Waals surface area contributed by atoms with Crippen LogP contribution in [-0.4, -0.2) is 44.6 Å². The van der Waals surface area contributed by atoms with E-state index in [1.54, 1.807) is 4.57 Å². The Labute approximate surface area is 170 Å². The largest absolute Gasteiger partial charge is 0.491 e. The van der Waals surface area contributed by atoms with E-state index in [0.717, 1.165) is 48.2 Å². The van der Waals surface area contributed by atoms with Gasteiger partial charge in [-0.2, -0.15) is 18.3 Å². The fraction of sp³-hybridized carbons (Fsp3) is 0.526. The van der Waals surface area contributed by atoms with Crippen LogP contribution in [0.1, 0.15) is 30.7 Å². The van der Waals surface area contributed by atoms with E-state index in [0.29, 0.717) is 18.8 Å². The number of alkyl halides is 3. The van der Waals surface area contributed by atoms with Gasteiger partial charge in [0.1, 0.15) is 30.8 Å². The number of carbonyl (C=O) groups excluding carboxylic acids is 1. The molecule has 30 heavy (non-hydrogen) atoms. The van der Waals surface area contributed by atoms with Crippen molar-refractivity contribution in [1.82, 2.24) is 19.7 Å². The highest BCUT2D eigenvalue weighted by Gasteiger charge is 2.30. The summed E-state index contributed by atoms with van der Waals surface area (Å²) in [7, 11) is 0. The molecule has 0 aliphatic carbocycles. The van der Waals surface area contributed by atoms with Gasteiger partial charge in [0.05, 0.1) is 5.56 Å². The fourth-order valence-electron chi connectivity index (χ4n) is 3.14. The molecular weight excluding hydrogens is 405 g/mol. The first kappa shape index (κ1) is 21.9. The SMILES string of the molecule is O=C(Cn1nc2n(c1=O)CCCCC2)NCC(O)COc1ccc(C(F)(F)F)cc1. The van der Waals surface area contributed by atoms with Gasteiger partial charge in [-0.15, -0.1) is 0 Å². The Morgan fingerprint density at radius 2 is 1.97 bits per heavy atom. The van der Waals surface area contributed by atoms with E-state index in [9.17, 15) is 27.9 Å². The molecule has 164 valence electrons. The molecule has 1 aliphatic rings. The number of nitrogens with one attached hydrogen (secondary N) is 1. The Hall–Kier alpha value is -2.82. The number of benzene rings is 1. The van der Waals surface area contributed by atoms with Gasteiger partial charge in [-0.3, -0.25) is 9.36 Å². The molecule has 0 fully saturated rings. The summed E-state index contributed by atoms with van der Waals surface area (Å²) in [5, 5.41) is 16.6. The third-order valence-corrected chi connectivity index (χ3v) is 4.73. The smallest absolute Gasteiger partial charge is 0.416 e. The number of aromatic nitrogens is 3. The van der Waals surface area contributed by atoms with Gasteiger partial charge in [0.15, 0.2) is 0 Å². The molecule has 1 amide bonds. The van der Waals surface area contributed by atoms with Crippen LogP contribution in [0, 0.1) is 0 Å². The van der Waals surface area contributed by atoms with E-state index in [1.165, 1.54) is 0 Å². The molecule has 1 aromatic carbocycles. The Morgan fingerprint density at radius 1 is 1.23 bits per heavy atom. The minimum atomic E-state index is -4.43. The molecule has 11 heteroatoms. The number of amides is 1. The standard InChI is InChI=1S/C19H23F3N4O4/c20-19(21,22)13-5-7-15(8-6-13)30-12-14(27)10-23-17(28)11-26-18(29)25-9-3-1-2-4-16(25)24-26/h5-8,14,27H,1-4,9-12H2,(H,23,28). The summed E-state index contributed by atoms with van der Waals surface area (Å²) in [5.41, 5.74) is -1.12. The van der Waals surface area contributed by atoms with Crippen LogP contribution in [0.2, 0.25) is 0 Å². The second-order valence-electron chi connectivity index (χ2n) is 7.11. The van der Waals surface area contributed by atoms with Crippen LogP contribution in [0.4, 0.5) is 13.2 Å². The van der Waals surface area contributed by atoms with Crippen LogP contribution < -0.4 is 15.7 Å². The summed E-state index contributed by atoms with van der Waals surface area (Å²) in [6.45, 7) is -0.0206. The molecule has 8 nitrogen and oxygen atoms in total. The number of hydrogen-bond donors (Lipinski definition) is 2. The molecule has 2 heterocycles. The normalized spacial score (nSPS) is 15.2.